The first-order valence-electron chi connectivity index (χ1n) is 9.27. The van der Waals surface area contributed by atoms with Gasteiger partial charge in [0.1, 0.15) is 5.75 Å². The standard InChI is InChI=1S/C21H29N3O3S/c1-21(2,3)22-19(25)14-23(4)15-20(26)24(13-18-7-6-12-28-18)16-8-10-17(27-5)11-9-16/h6-12H,13-15H2,1-5H3,(H,22,25)/p+1. The molecule has 2 rings (SSSR count). The Hall–Kier alpha value is -2.38. The van der Waals surface area contributed by atoms with Crippen LogP contribution in [0.3, 0.4) is 0 Å². The van der Waals surface area contributed by atoms with Crippen LogP contribution in [0.25, 0.3) is 0 Å². The smallest absolute Gasteiger partial charge is 0.282 e. The van der Waals surface area contributed by atoms with E-state index in [-0.39, 0.29) is 30.4 Å². The number of methoxy groups -OCH3 is 1. The molecule has 1 atom stereocenters. The first-order chi connectivity index (χ1) is 13.2. The van der Waals surface area contributed by atoms with Gasteiger partial charge in [-0.3, -0.25) is 9.59 Å². The van der Waals surface area contributed by atoms with Gasteiger partial charge in [0.15, 0.2) is 13.1 Å². The van der Waals surface area contributed by atoms with Crippen molar-refractivity contribution in [3.63, 3.8) is 0 Å². The first-order valence-corrected chi connectivity index (χ1v) is 10.1. The first kappa shape index (κ1) is 21.9. The van der Waals surface area contributed by atoms with Gasteiger partial charge in [0.2, 0.25) is 0 Å². The van der Waals surface area contributed by atoms with Crippen LogP contribution < -0.4 is 19.9 Å². The third kappa shape index (κ3) is 6.98. The molecule has 0 radical (unpaired) electrons. The molecular formula is C21H30N3O3S+. The number of quaternary nitrogens is 1. The number of rotatable bonds is 8. The highest BCUT2D eigenvalue weighted by Gasteiger charge is 2.23. The van der Waals surface area contributed by atoms with E-state index in [0.717, 1.165) is 21.2 Å². The van der Waals surface area contributed by atoms with Crippen molar-refractivity contribution < 1.29 is 19.2 Å². The number of ether oxygens (including phenoxy) is 1. The number of anilines is 1. The highest BCUT2D eigenvalue weighted by atomic mass is 32.1. The monoisotopic (exact) mass is 404 g/mol. The van der Waals surface area contributed by atoms with E-state index in [1.807, 2.05) is 69.6 Å². The SMILES string of the molecule is COc1ccc(N(Cc2cccs2)C(=O)C[NH+](C)CC(=O)NC(C)(C)C)cc1. The lowest BCUT2D eigenvalue weighted by molar-refractivity contribution is -0.862. The molecular weight excluding hydrogens is 374 g/mol. The maximum absolute atomic E-state index is 13.0. The minimum absolute atomic E-state index is 0.0281. The van der Waals surface area contributed by atoms with Gasteiger partial charge < -0.3 is 19.9 Å². The molecule has 28 heavy (non-hydrogen) atoms. The molecule has 1 aromatic carbocycles. The van der Waals surface area contributed by atoms with E-state index in [1.165, 1.54) is 0 Å². The second-order valence-electron chi connectivity index (χ2n) is 7.87. The summed E-state index contributed by atoms with van der Waals surface area (Å²) in [6, 6.07) is 11.4. The van der Waals surface area contributed by atoms with Crippen LogP contribution in [-0.2, 0) is 16.1 Å². The highest BCUT2D eigenvalue weighted by Crippen LogP contribution is 2.22. The number of amides is 2. The fraction of sp³-hybridized carbons (Fsp3) is 0.429. The van der Waals surface area contributed by atoms with Crippen LogP contribution in [-0.4, -0.2) is 44.6 Å². The molecule has 6 nitrogen and oxygen atoms in total. The summed E-state index contributed by atoms with van der Waals surface area (Å²) in [5, 5.41) is 4.94. The maximum atomic E-state index is 13.0. The Morgan fingerprint density at radius 1 is 1.14 bits per heavy atom. The van der Waals surface area contributed by atoms with E-state index in [0.29, 0.717) is 6.54 Å². The van der Waals surface area contributed by atoms with Crippen LogP contribution in [0.1, 0.15) is 25.6 Å². The molecule has 7 heteroatoms. The van der Waals surface area contributed by atoms with Gasteiger partial charge in [-0.1, -0.05) is 6.07 Å². The fourth-order valence-electron chi connectivity index (χ4n) is 2.80. The molecule has 152 valence electrons. The van der Waals surface area contributed by atoms with Gasteiger partial charge in [-0.25, -0.2) is 0 Å². The number of nitrogens with one attached hydrogen (secondary N) is 2. The summed E-state index contributed by atoms with van der Waals surface area (Å²) in [6.45, 7) is 6.81. The highest BCUT2D eigenvalue weighted by molar-refractivity contribution is 7.09. The Kier molecular flexibility index (Phi) is 7.60. The molecule has 0 bridgehead atoms. The topological polar surface area (TPSA) is 63.1 Å². The lowest BCUT2D eigenvalue weighted by Gasteiger charge is -2.25. The van der Waals surface area contributed by atoms with Crippen LogP contribution in [0.15, 0.2) is 41.8 Å². The van der Waals surface area contributed by atoms with Crippen LogP contribution in [0.4, 0.5) is 5.69 Å². The Morgan fingerprint density at radius 3 is 2.36 bits per heavy atom. The van der Waals surface area contributed by atoms with E-state index in [4.69, 9.17) is 4.74 Å². The molecule has 0 saturated carbocycles. The number of nitrogens with zero attached hydrogens (tertiary/aromatic N) is 1. The summed E-state index contributed by atoms with van der Waals surface area (Å²) < 4.78 is 5.21. The lowest BCUT2D eigenvalue weighted by atomic mass is 10.1. The van der Waals surface area contributed by atoms with Crippen molar-refractivity contribution in [1.29, 1.82) is 0 Å². The molecule has 0 saturated heterocycles. The van der Waals surface area contributed by atoms with Crippen molar-refractivity contribution in [2.24, 2.45) is 0 Å². The number of carbonyl (C=O) groups is 2. The van der Waals surface area contributed by atoms with Gasteiger partial charge >= 0.3 is 0 Å². The van der Waals surface area contributed by atoms with Crippen LogP contribution in [0.2, 0.25) is 0 Å². The van der Waals surface area contributed by atoms with Crippen molar-refractivity contribution in [2.45, 2.75) is 32.9 Å². The van der Waals surface area contributed by atoms with Crippen molar-refractivity contribution in [2.75, 3.05) is 32.1 Å². The molecule has 2 amide bonds. The Bertz CT molecular complexity index is 767. The zero-order valence-electron chi connectivity index (χ0n) is 17.2. The van der Waals surface area contributed by atoms with E-state index in [1.54, 1.807) is 23.3 Å². The van der Waals surface area contributed by atoms with Gasteiger partial charge in [-0.05, 0) is 56.5 Å². The summed E-state index contributed by atoms with van der Waals surface area (Å²) in [6.07, 6.45) is 0. The predicted molar refractivity (Wildman–Crippen MR) is 113 cm³/mol. The summed E-state index contributed by atoms with van der Waals surface area (Å²) >= 11 is 1.62. The Balaban J connectivity index is 2.08. The number of hydrogen-bond acceptors (Lipinski definition) is 4. The molecule has 0 aliphatic carbocycles. The molecule has 0 aliphatic rings. The Morgan fingerprint density at radius 2 is 1.82 bits per heavy atom. The van der Waals surface area contributed by atoms with Gasteiger partial charge in [0, 0.05) is 16.1 Å². The zero-order valence-corrected chi connectivity index (χ0v) is 18.1. The molecule has 1 unspecified atom stereocenters. The second kappa shape index (κ2) is 9.71. The van der Waals surface area contributed by atoms with Crippen molar-refractivity contribution in [3.8, 4) is 5.75 Å². The molecule has 0 aliphatic heterocycles. The van der Waals surface area contributed by atoms with E-state index in [9.17, 15) is 9.59 Å². The number of benzene rings is 1. The average Bonchev–Trinajstić information content (AvgIpc) is 3.11. The summed E-state index contributed by atoms with van der Waals surface area (Å²) in [5.41, 5.74) is 0.529. The molecule has 1 aromatic heterocycles. The van der Waals surface area contributed by atoms with E-state index >= 15 is 0 Å². The van der Waals surface area contributed by atoms with Crippen LogP contribution in [0, 0.1) is 0 Å². The third-order valence-electron chi connectivity index (χ3n) is 4.01. The maximum Gasteiger partial charge on any atom is 0.282 e. The van der Waals surface area contributed by atoms with Gasteiger partial charge in [0.05, 0.1) is 20.7 Å². The van der Waals surface area contributed by atoms with Gasteiger partial charge in [0.25, 0.3) is 11.8 Å². The Labute approximate surface area is 171 Å². The number of thiophene rings is 1. The normalized spacial score (nSPS) is 12.3. The number of hydrogen-bond donors (Lipinski definition) is 2. The predicted octanol–water partition coefficient (Wildman–Crippen LogP) is 1.72. The minimum Gasteiger partial charge on any atom is -0.497 e. The third-order valence-corrected chi connectivity index (χ3v) is 4.87. The zero-order chi connectivity index (χ0) is 20.7. The fourth-order valence-corrected chi connectivity index (χ4v) is 3.49. The van der Waals surface area contributed by atoms with Gasteiger partial charge in [-0.2, -0.15) is 0 Å². The van der Waals surface area contributed by atoms with E-state index in [2.05, 4.69) is 5.32 Å². The summed E-state index contributed by atoms with van der Waals surface area (Å²) in [7, 11) is 3.47. The average molecular weight is 405 g/mol. The molecule has 2 aromatic rings. The molecule has 0 spiro atoms. The summed E-state index contributed by atoms with van der Waals surface area (Å²) in [4.78, 5) is 28.9. The largest absolute Gasteiger partial charge is 0.497 e. The van der Waals surface area contributed by atoms with Crippen molar-refractivity contribution in [1.82, 2.24) is 5.32 Å². The van der Waals surface area contributed by atoms with Crippen LogP contribution in [0.5, 0.6) is 5.75 Å². The molecule has 0 fully saturated rings. The summed E-state index contributed by atoms with van der Waals surface area (Å²) in [5.74, 6) is 0.653. The van der Waals surface area contributed by atoms with Crippen molar-refractivity contribution in [3.05, 3.63) is 46.7 Å². The van der Waals surface area contributed by atoms with Crippen molar-refractivity contribution >= 4 is 28.8 Å². The molecule has 1 heterocycles. The number of carbonyl (C=O) groups excluding carboxylic acids is 2. The van der Waals surface area contributed by atoms with Crippen LogP contribution >= 0.6 is 11.3 Å². The quantitative estimate of drug-likeness (QED) is 0.704. The van der Waals surface area contributed by atoms with E-state index < -0.39 is 0 Å². The lowest BCUT2D eigenvalue weighted by Crippen LogP contribution is -3.11. The minimum atomic E-state index is -0.282. The second-order valence-corrected chi connectivity index (χ2v) is 8.90. The van der Waals surface area contributed by atoms with Gasteiger partial charge in [-0.15, -0.1) is 11.3 Å². The number of likely N-dealkylation sites (N-methyl/N-ethyl adjacent to an activating group) is 1. The molecule has 2 N–H and O–H groups in total.